The second-order valence-electron chi connectivity index (χ2n) is 4.63. The van der Waals surface area contributed by atoms with Crippen LogP contribution in [0.15, 0.2) is 0 Å². The minimum Gasteiger partial charge on any atom is -0.375 e. The molecule has 0 spiro atoms. The van der Waals surface area contributed by atoms with Crippen molar-refractivity contribution in [2.75, 3.05) is 26.8 Å². The molecule has 1 aliphatic heterocycles. The Labute approximate surface area is 85.4 Å². The molecule has 2 N–H and O–H groups in total. The summed E-state index contributed by atoms with van der Waals surface area (Å²) >= 11 is 0. The number of carbonyl (C=O) groups excluding carboxylic acids is 1. The fourth-order valence-corrected chi connectivity index (χ4v) is 1.80. The lowest BCUT2D eigenvalue weighted by atomic mass is 9.80. The van der Waals surface area contributed by atoms with Crippen LogP contribution in [0.2, 0.25) is 0 Å². The monoisotopic (exact) mass is 200 g/mol. The Hall–Kier alpha value is -0.610. The summed E-state index contributed by atoms with van der Waals surface area (Å²) in [7, 11) is 1.54. The third kappa shape index (κ3) is 2.45. The van der Waals surface area contributed by atoms with E-state index in [0.717, 1.165) is 19.5 Å². The van der Waals surface area contributed by atoms with Gasteiger partial charge in [0.1, 0.15) is 6.61 Å². The summed E-state index contributed by atoms with van der Waals surface area (Å²) in [6.07, 6.45) is 0.877. The third-order valence-corrected chi connectivity index (χ3v) is 2.93. The van der Waals surface area contributed by atoms with Gasteiger partial charge in [-0.15, -0.1) is 0 Å². The van der Waals surface area contributed by atoms with Gasteiger partial charge in [0, 0.05) is 26.2 Å². The number of hydrogen-bond donors (Lipinski definition) is 1. The van der Waals surface area contributed by atoms with Crippen molar-refractivity contribution in [1.82, 2.24) is 4.90 Å². The second-order valence-corrected chi connectivity index (χ2v) is 4.63. The molecule has 82 valence electrons. The summed E-state index contributed by atoms with van der Waals surface area (Å²) < 4.78 is 4.83. The van der Waals surface area contributed by atoms with E-state index in [1.54, 1.807) is 7.11 Å². The molecule has 1 atom stereocenters. The molecule has 0 aromatic rings. The van der Waals surface area contributed by atoms with Gasteiger partial charge in [-0.05, 0) is 11.8 Å². The topological polar surface area (TPSA) is 55.6 Å². The van der Waals surface area contributed by atoms with Gasteiger partial charge in [0.2, 0.25) is 5.91 Å². The lowest BCUT2D eigenvalue weighted by Gasteiger charge is -2.42. The molecular weight excluding hydrogens is 180 g/mol. The van der Waals surface area contributed by atoms with Gasteiger partial charge >= 0.3 is 0 Å². The van der Waals surface area contributed by atoms with Crippen molar-refractivity contribution in [3.63, 3.8) is 0 Å². The molecule has 4 heteroatoms. The van der Waals surface area contributed by atoms with Crippen LogP contribution in [0.4, 0.5) is 0 Å². The second kappa shape index (κ2) is 4.28. The fourth-order valence-electron chi connectivity index (χ4n) is 1.80. The average Bonchev–Trinajstić information content (AvgIpc) is 2.10. The van der Waals surface area contributed by atoms with Gasteiger partial charge in [0.15, 0.2) is 0 Å². The quantitative estimate of drug-likeness (QED) is 0.693. The molecule has 1 rings (SSSR count). The molecule has 1 amide bonds. The first-order valence-electron chi connectivity index (χ1n) is 4.99. The van der Waals surface area contributed by atoms with Gasteiger partial charge < -0.3 is 15.4 Å². The number of nitrogens with two attached hydrogens (primary N) is 1. The molecule has 1 aliphatic rings. The highest BCUT2D eigenvalue weighted by Crippen LogP contribution is 2.27. The number of piperidine rings is 1. The first-order chi connectivity index (χ1) is 6.47. The van der Waals surface area contributed by atoms with Crippen molar-refractivity contribution in [2.45, 2.75) is 26.3 Å². The molecule has 0 aromatic heterocycles. The normalized spacial score (nSPS) is 26.3. The van der Waals surface area contributed by atoms with Gasteiger partial charge in [-0.1, -0.05) is 13.8 Å². The summed E-state index contributed by atoms with van der Waals surface area (Å²) in [6.45, 7) is 5.86. The van der Waals surface area contributed by atoms with Gasteiger partial charge in [-0.2, -0.15) is 0 Å². The maximum absolute atomic E-state index is 11.6. The molecule has 1 unspecified atom stereocenters. The van der Waals surface area contributed by atoms with Crippen molar-refractivity contribution in [1.29, 1.82) is 0 Å². The van der Waals surface area contributed by atoms with E-state index in [1.165, 1.54) is 0 Å². The number of rotatable bonds is 2. The third-order valence-electron chi connectivity index (χ3n) is 2.93. The zero-order chi connectivity index (χ0) is 10.8. The Morgan fingerprint density at radius 3 is 2.79 bits per heavy atom. The SMILES string of the molecule is COCC(=O)N1CCC(N)C(C)(C)C1. The van der Waals surface area contributed by atoms with E-state index in [0.29, 0.717) is 0 Å². The molecule has 0 radical (unpaired) electrons. The van der Waals surface area contributed by atoms with Gasteiger partial charge in [-0.3, -0.25) is 4.79 Å². The minimum atomic E-state index is 0.0155. The zero-order valence-electron chi connectivity index (χ0n) is 9.25. The average molecular weight is 200 g/mol. The van der Waals surface area contributed by atoms with Crippen molar-refractivity contribution in [3.05, 3.63) is 0 Å². The number of hydrogen-bond acceptors (Lipinski definition) is 3. The van der Waals surface area contributed by atoms with Crippen LogP contribution in [0.1, 0.15) is 20.3 Å². The summed E-state index contributed by atoms with van der Waals surface area (Å²) in [4.78, 5) is 13.4. The smallest absolute Gasteiger partial charge is 0.248 e. The maximum Gasteiger partial charge on any atom is 0.248 e. The minimum absolute atomic E-state index is 0.0155. The first-order valence-corrected chi connectivity index (χ1v) is 4.99. The van der Waals surface area contributed by atoms with Crippen LogP contribution >= 0.6 is 0 Å². The molecule has 14 heavy (non-hydrogen) atoms. The summed E-state index contributed by atoms with van der Waals surface area (Å²) in [6, 6.07) is 0.189. The van der Waals surface area contributed by atoms with E-state index in [2.05, 4.69) is 13.8 Å². The largest absolute Gasteiger partial charge is 0.375 e. The van der Waals surface area contributed by atoms with Crippen LogP contribution in [0.25, 0.3) is 0 Å². The number of methoxy groups -OCH3 is 1. The predicted molar refractivity (Wildman–Crippen MR) is 54.8 cm³/mol. The highest BCUT2D eigenvalue weighted by Gasteiger charge is 2.34. The van der Waals surface area contributed by atoms with Gasteiger partial charge in [0.05, 0.1) is 0 Å². The van der Waals surface area contributed by atoms with Crippen molar-refractivity contribution in [3.8, 4) is 0 Å². The first kappa shape index (κ1) is 11.5. The Morgan fingerprint density at radius 1 is 1.64 bits per heavy atom. The molecule has 0 saturated carbocycles. The Kier molecular flexibility index (Phi) is 3.50. The van der Waals surface area contributed by atoms with Crippen molar-refractivity contribution >= 4 is 5.91 Å². The summed E-state index contributed by atoms with van der Waals surface area (Å²) in [5, 5.41) is 0. The Morgan fingerprint density at radius 2 is 2.29 bits per heavy atom. The number of amides is 1. The number of carbonyl (C=O) groups is 1. The molecule has 1 fully saturated rings. The van der Waals surface area contributed by atoms with Crippen LogP contribution in [0.5, 0.6) is 0 Å². The highest BCUT2D eigenvalue weighted by atomic mass is 16.5. The van der Waals surface area contributed by atoms with Gasteiger partial charge in [0.25, 0.3) is 0 Å². The highest BCUT2D eigenvalue weighted by molar-refractivity contribution is 5.77. The van der Waals surface area contributed by atoms with Crippen molar-refractivity contribution in [2.24, 2.45) is 11.1 Å². The van der Waals surface area contributed by atoms with E-state index in [1.807, 2.05) is 4.90 Å². The van der Waals surface area contributed by atoms with E-state index >= 15 is 0 Å². The van der Waals surface area contributed by atoms with Crippen LogP contribution in [-0.4, -0.2) is 43.7 Å². The van der Waals surface area contributed by atoms with Crippen LogP contribution in [0.3, 0.4) is 0 Å². The fraction of sp³-hybridized carbons (Fsp3) is 0.900. The van der Waals surface area contributed by atoms with E-state index < -0.39 is 0 Å². The summed E-state index contributed by atoms with van der Waals surface area (Å²) in [5.41, 5.74) is 6.00. The van der Waals surface area contributed by atoms with Crippen LogP contribution < -0.4 is 5.73 Å². The van der Waals surface area contributed by atoms with E-state index in [-0.39, 0.29) is 24.0 Å². The van der Waals surface area contributed by atoms with Crippen LogP contribution in [-0.2, 0) is 9.53 Å². The van der Waals surface area contributed by atoms with Crippen LogP contribution in [0, 0.1) is 5.41 Å². The zero-order valence-corrected chi connectivity index (χ0v) is 9.25. The molecule has 0 bridgehead atoms. The molecule has 1 heterocycles. The van der Waals surface area contributed by atoms with Gasteiger partial charge in [-0.25, -0.2) is 0 Å². The van der Waals surface area contributed by atoms with E-state index in [4.69, 9.17) is 10.5 Å². The van der Waals surface area contributed by atoms with Crippen molar-refractivity contribution < 1.29 is 9.53 Å². The molecule has 0 aromatic carbocycles. The number of nitrogens with zero attached hydrogens (tertiary/aromatic N) is 1. The molecule has 4 nitrogen and oxygen atoms in total. The predicted octanol–water partition coefficient (Wildman–Crippen LogP) is 0.219. The Bertz CT molecular complexity index is 216. The Balaban J connectivity index is 2.55. The van der Waals surface area contributed by atoms with E-state index in [9.17, 15) is 4.79 Å². The lowest BCUT2D eigenvalue weighted by Crippen LogP contribution is -2.54. The maximum atomic E-state index is 11.6. The lowest BCUT2D eigenvalue weighted by molar-refractivity contribution is -0.138. The molecule has 0 aliphatic carbocycles. The molecule has 1 saturated heterocycles. The standard InChI is InChI=1S/C10H20N2O2/c1-10(2)7-12(5-4-8(10)11)9(13)6-14-3/h8H,4-7,11H2,1-3H3. The number of ether oxygens (including phenoxy) is 1. The number of likely N-dealkylation sites (tertiary alicyclic amines) is 1. The molecular formula is C10H20N2O2. The summed E-state index contributed by atoms with van der Waals surface area (Å²) in [5.74, 6) is 0.0625.